The molecule has 3 heteroatoms. The molecule has 0 amide bonds. The van der Waals surface area contributed by atoms with Gasteiger partial charge in [-0.25, -0.2) is 0 Å². The van der Waals surface area contributed by atoms with Gasteiger partial charge < -0.3 is 10.6 Å². The lowest BCUT2D eigenvalue weighted by molar-refractivity contribution is 0.481. The Hall–Kier alpha value is -1.87. The van der Waals surface area contributed by atoms with Crippen LogP contribution in [-0.4, -0.2) is 5.11 Å². The first-order valence-corrected chi connectivity index (χ1v) is 8.55. The zero-order valence-electron chi connectivity index (χ0n) is 14.4. The number of rotatable bonds is 5. The zero-order valence-corrected chi connectivity index (χ0v) is 15.2. The summed E-state index contributed by atoms with van der Waals surface area (Å²) >= 11 is 5.53. The maximum Gasteiger partial charge on any atom is 0.171 e. The summed E-state index contributed by atoms with van der Waals surface area (Å²) in [6, 6.07) is 17.1. The minimum absolute atomic E-state index is 0.224. The second kappa shape index (κ2) is 8.11. The number of anilines is 1. The molecule has 2 aromatic carbocycles. The smallest absolute Gasteiger partial charge is 0.171 e. The summed E-state index contributed by atoms with van der Waals surface area (Å²) in [4.78, 5) is 0. The molecular formula is C20H26N2S. The van der Waals surface area contributed by atoms with E-state index in [4.69, 9.17) is 12.2 Å². The van der Waals surface area contributed by atoms with Crippen LogP contribution in [0.2, 0.25) is 0 Å². The Kier molecular flexibility index (Phi) is 6.17. The monoisotopic (exact) mass is 326 g/mol. The van der Waals surface area contributed by atoms with E-state index in [1.165, 1.54) is 16.7 Å². The number of nitrogens with one attached hydrogen (secondary N) is 2. The van der Waals surface area contributed by atoms with E-state index in [1.54, 1.807) is 0 Å². The fourth-order valence-electron chi connectivity index (χ4n) is 2.81. The Bertz CT molecular complexity index is 630. The standard InChI is InChI=1S/C20H26N2S/c1-14(2)10-19(17-8-6-5-7-9-17)22-20(23)21-18-12-15(3)11-16(4)13-18/h5-9,11-14,19H,10H2,1-4H3,(H2,21,22,23). The summed E-state index contributed by atoms with van der Waals surface area (Å²) in [5, 5.41) is 7.46. The van der Waals surface area contributed by atoms with Gasteiger partial charge in [0.05, 0.1) is 6.04 Å². The maximum absolute atomic E-state index is 5.53. The first-order chi connectivity index (χ1) is 10.9. The van der Waals surface area contributed by atoms with Crippen molar-refractivity contribution in [3.8, 4) is 0 Å². The lowest BCUT2D eigenvalue weighted by Crippen LogP contribution is -2.33. The summed E-state index contributed by atoms with van der Waals surface area (Å²) in [7, 11) is 0. The zero-order chi connectivity index (χ0) is 16.8. The van der Waals surface area contributed by atoms with E-state index in [9.17, 15) is 0 Å². The van der Waals surface area contributed by atoms with E-state index in [0.717, 1.165) is 12.1 Å². The molecule has 0 aliphatic carbocycles. The van der Waals surface area contributed by atoms with Crippen molar-refractivity contribution in [1.29, 1.82) is 0 Å². The molecule has 0 aliphatic rings. The molecule has 0 bridgehead atoms. The second-order valence-corrected chi connectivity index (χ2v) is 6.98. The molecule has 0 aliphatic heterocycles. The van der Waals surface area contributed by atoms with Crippen LogP contribution in [0.3, 0.4) is 0 Å². The fourth-order valence-corrected chi connectivity index (χ4v) is 3.07. The lowest BCUT2D eigenvalue weighted by atomic mass is 9.97. The quantitative estimate of drug-likeness (QED) is 0.722. The molecule has 0 spiro atoms. The summed E-state index contributed by atoms with van der Waals surface area (Å²) < 4.78 is 0. The number of thiocarbonyl (C=S) groups is 1. The molecule has 0 saturated heterocycles. The molecule has 1 atom stereocenters. The van der Waals surface area contributed by atoms with Crippen LogP contribution < -0.4 is 10.6 Å². The molecule has 0 aromatic heterocycles. The highest BCUT2D eigenvalue weighted by Gasteiger charge is 2.14. The van der Waals surface area contributed by atoms with E-state index in [1.807, 2.05) is 6.07 Å². The van der Waals surface area contributed by atoms with Crippen LogP contribution in [0.15, 0.2) is 48.5 Å². The van der Waals surface area contributed by atoms with Gasteiger partial charge in [-0.1, -0.05) is 50.2 Å². The van der Waals surface area contributed by atoms with Gasteiger partial charge >= 0.3 is 0 Å². The van der Waals surface area contributed by atoms with Gasteiger partial charge in [-0.3, -0.25) is 0 Å². The Labute approximate surface area is 145 Å². The van der Waals surface area contributed by atoms with Gasteiger partial charge in [-0.05, 0) is 67.2 Å². The molecular weight excluding hydrogens is 300 g/mol. The van der Waals surface area contributed by atoms with Crippen LogP contribution in [0, 0.1) is 19.8 Å². The van der Waals surface area contributed by atoms with Crippen molar-refractivity contribution in [3.63, 3.8) is 0 Å². The van der Waals surface area contributed by atoms with Crippen LogP contribution >= 0.6 is 12.2 Å². The molecule has 0 heterocycles. The minimum atomic E-state index is 0.224. The topological polar surface area (TPSA) is 24.1 Å². The van der Waals surface area contributed by atoms with Crippen molar-refractivity contribution in [2.45, 2.75) is 40.2 Å². The fraction of sp³-hybridized carbons (Fsp3) is 0.350. The molecule has 2 N–H and O–H groups in total. The molecule has 1 unspecified atom stereocenters. The van der Waals surface area contributed by atoms with Crippen LogP contribution in [0.1, 0.15) is 43.0 Å². The molecule has 23 heavy (non-hydrogen) atoms. The minimum Gasteiger partial charge on any atom is -0.356 e. The third-order valence-corrected chi connectivity index (χ3v) is 3.91. The predicted molar refractivity (Wildman–Crippen MR) is 104 cm³/mol. The van der Waals surface area contributed by atoms with Crippen molar-refractivity contribution in [3.05, 3.63) is 65.2 Å². The third-order valence-electron chi connectivity index (χ3n) is 3.69. The van der Waals surface area contributed by atoms with Gasteiger partial charge in [0.1, 0.15) is 0 Å². The SMILES string of the molecule is Cc1cc(C)cc(NC(=S)NC(CC(C)C)c2ccccc2)c1. The maximum atomic E-state index is 5.53. The van der Waals surface area contributed by atoms with Crippen molar-refractivity contribution < 1.29 is 0 Å². The lowest BCUT2D eigenvalue weighted by Gasteiger charge is -2.23. The Morgan fingerprint density at radius 1 is 1.00 bits per heavy atom. The molecule has 0 fully saturated rings. The highest BCUT2D eigenvalue weighted by molar-refractivity contribution is 7.80. The van der Waals surface area contributed by atoms with Gasteiger partial charge in [-0.2, -0.15) is 0 Å². The number of aryl methyl sites for hydroxylation is 2. The van der Waals surface area contributed by atoms with E-state index >= 15 is 0 Å². The summed E-state index contributed by atoms with van der Waals surface area (Å²) in [6.45, 7) is 8.66. The largest absolute Gasteiger partial charge is 0.356 e. The third kappa shape index (κ3) is 5.68. The van der Waals surface area contributed by atoms with Gasteiger partial charge in [0.15, 0.2) is 5.11 Å². The van der Waals surface area contributed by atoms with E-state index in [-0.39, 0.29) is 6.04 Å². The van der Waals surface area contributed by atoms with E-state index in [0.29, 0.717) is 11.0 Å². The number of benzene rings is 2. The molecule has 2 nitrogen and oxygen atoms in total. The number of hydrogen-bond donors (Lipinski definition) is 2. The number of hydrogen-bond acceptors (Lipinski definition) is 1. The highest BCUT2D eigenvalue weighted by Crippen LogP contribution is 2.21. The van der Waals surface area contributed by atoms with Crippen molar-refractivity contribution in [1.82, 2.24) is 5.32 Å². The van der Waals surface area contributed by atoms with Gasteiger partial charge in [0.25, 0.3) is 0 Å². The van der Waals surface area contributed by atoms with E-state index < -0.39 is 0 Å². The van der Waals surface area contributed by atoms with Crippen LogP contribution in [0.4, 0.5) is 5.69 Å². The molecule has 122 valence electrons. The predicted octanol–water partition coefficient (Wildman–Crippen LogP) is 5.38. The molecule has 0 radical (unpaired) electrons. The van der Waals surface area contributed by atoms with Crippen molar-refractivity contribution >= 4 is 23.0 Å². The summed E-state index contributed by atoms with van der Waals surface area (Å²) in [5.41, 5.74) is 4.77. The van der Waals surface area contributed by atoms with Crippen molar-refractivity contribution in [2.24, 2.45) is 5.92 Å². The van der Waals surface area contributed by atoms with Gasteiger partial charge in [0, 0.05) is 5.69 Å². The summed E-state index contributed by atoms with van der Waals surface area (Å²) in [6.07, 6.45) is 1.04. The summed E-state index contributed by atoms with van der Waals surface area (Å²) in [5.74, 6) is 0.594. The molecule has 2 rings (SSSR count). The highest BCUT2D eigenvalue weighted by atomic mass is 32.1. The van der Waals surface area contributed by atoms with E-state index in [2.05, 4.69) is 80.8 Å². The van der Waals surface area contributed by atoms with Crippen LogP contribution in [-0.2, 0) is 0 Å². The van der Waals surface area contributed by atoms with Crippen LogP contribution in [0.25, 0.3) is 0 Å². The Morgan fingerprint density at radius 3 is 2.17 bits per heavy atom. The second-order valence-electron chi connectivity index (χ2n) is 6.57. The van der Waals surface area contributed by atoms with Gasteiger partial charge in [0.2, 0.25) is 0 Å². The first kappa shape index (κ1) is 17.5. The molecule has 0 saturated carbocycles. The van der Waals surface area contributed by atoms with Gasteiger partial charge in [-0.15, -0.1) is 0 Å². The average Bonchev–Trinajstić information content (AvgIpc) is 2.45. The first-order valence-electron chi connectivity index (χ1n) is 8.15. The van der Waals surface area contributed by atoms with Crippen molar-refractivity contribution in [2.75, 3.05) is 5.32 Å². The Balaban J connectivity index is 2.08. The average molecular weight is 327 g/mol. The molecule has 2 aromatic rings. The van der Waals surface area contributed by atoms with Crippen LogP contribution in [0.5, 0.6) is 0 Å². The normalized spacial score (nSPS) is 12.0. The Morgan fingerprint density at radius 2 is 1.61 bits per heavy atom.